The van der Waals surface area contributed by atoms with Gasteiger partial charge in [-0.2, -0.15) is 0 Å². The number of primary amides is 1. The van der Waals surface area contributed by atoms with Crippen LogP contribution in [-0.4, -0.2) is 34.3 Å². The monoisotopic (exact) mass is 405 g/mol. The largest absolute Gasteiger partial charge is 0.368 e. The Morgan fingerprint density at radius 1 is 1.25 bits per heavy atom. The number of nitrogens with zero attached hydrogens (tertiary/aromatic N) is 2. The zero-order valence-corrected chi connectivity index (χ0v) is 16.4. The number of aromatic nitrogens is 1. The molecule has 4 rings (SSSR count). The third kappa shape index (κ3) is 3.09. The minimum atomic E-state index is -0.985. The molecule has 1 saturated heterocycles. The molecule has 1 saturated carbocycles. The minimum absolute atomic E-state index is 0.0721. The molecule has 2 fully saturated rings. The van der Waals surface area contributed by atoms with Crippen molar-refractivity contribution in [3.05, 3.63) is 40.5 Å². The number of carbonyl (C=O) groups excluding carboxylic acids is 2. The number of carbonyl (C=O) groups is 2. The second-order valence-corrected chi connectivity index (χ2v) is 9.05. The summed E-state index contributed by atoms with van der Waals surface area (Å²) in [4.78, 5) is 31.8. The molecule has 0 spiro atoms. The quantitative estimate of drug-likeness (QED) is 0.851. The smallest absolute Gasteiger partial charge is 0.274 e. The summed E-state index contributed by atoms with van der Waals surface area (Å²) < 4.78 is 27.0. The molecule has 2 amide bonds. The van der Waals surface area contributed by atoms with Gasteiger partial charge in [0.1, 0.15) is 11.7 Å². The predicted molar refractivity (Wildman–Crippen MR) is 102 cm³/mol. The molecule has 1 aliphatic heterocycles. The minimum Gasteiger partial charge on any atom is -0.368 e. The van der Waals surface area contributed by atoms with E-state index < -0.39 is 23.6 Å². The van der Waals surface area contributed by atoms with Crippen LogP contribution in [0.25, 0.3) is 10.4 Å². The van der Waals surface area contributed by atoms with Crippen LogP contribution in [0.5, 0.6) is 0 Å². The summed E-state index contributed by atoms with van der Waals surface area (Å²) in [5.41, 5.74) is 6.20. The van der Waals surface area contributed by atoms with Crippen LogP contribution in [0, 0.1) is 36.3 Å². The highest BCUT2D eigenvalue weighted by atomic mass is 32.1. The zero-order chi connectivity index (χ0) is 20.2. The topological polar surface area (TPSA) is 76.3 Å². The van der Waals surface area contributed by atoms with Gasteiger partial charge in [0.2, 0.25) is 5.91 Å². The molecule has 0 bridgehead atoms. The van der Waals surface area contributed by atoms with E-state index in [1.165, 1.54) is 22.3 Å². The normalized spacial score (nSPS) is 26.5. The standard InChI is InChI=1S/C20H21F2N3O2S/c1-9-5-12-8-25(17(19(23)26)13(12)6-9)20(27)16-18(28-10(2)24-16)11-3-4-14(21)15(22)7-11/h3-4,7,9,12-13,17H,5-6,8H2,1-2H3,(H2,23,26)/t9?,12-,13-,17-/m0/s1. The number of rotatable bonds is 3. The maximum atomic E-state index is 13.7. The number of amides is 2. The Kier molecular flexibility index (Phi) is 4.69. The van der Waals surface area contributed by atoms with E-state index >= 15 is 0 Å². The third-order valence-corrected chi connectivity index (χ3v) is 6.85. The number of fused-ring (bicyclic) bond motifs is 1. The number of aryl methyl sites for hydroxylation is 1. The average molecular weight is 405 g/mol. The molecule has 2 aromatic rings. The molecule has 1 unspecified atom stereocenters. The molecule has 2 heterocycles. The summed E-state index contributed by atoms with van der Waals surface area (Å²) in [7, 11) is 0. The Balaban J connectivity index is 1.71. The highest BCUT2D eigenvalue weighted by Gasteiger charge is 2.51. The lowest BCUT2D eigenvalue weighted by molar-refractivity contribution is -0.122. The van der Waals surface area contributed by atoms with Crippen LogP contribution in [0.3, 0.4) is 0 Å². The Bertz CT molecular complexity index is 961. The van der Waals surface area contributed by atoms with Crippen molar-refractivity contribution in [3.8, 4) is 10.4 Å². The van der Waals surface area contributed by atoms with E-state index in [-0.39, 0.29) is 23.4 Å². The molecule has 1 aromatic carbocycles. The fourth-order valence-corrected chi connectivity index (χ4v) is 5.66. The molecule has 1 aliphatic carbocycles. The molecule has 28 heavy (non-hydrogen) atoms. The summed E-state index contributed by atoms with van der Waals surface area (Å²) in [6.07, 6.45) is 1.83. The van der Waals surface area contributed by atoms with Crippen LogP contribution in [0.2, 0.25) is 0 Å². The number of benzene rings is 1. The third-order valence-electron chi connectivity index (χ3n) is 5.83. The maximum Gasteiger partial charge on any atom is 0.274 e. The molecule has 1 aromatic heterocycles. The first-order valence-corrected chi connectivity index (χ1v) is 10.1. The lowest BCUT2D eigenvalue weighted by Gasteiger charge is -2.25. The summed E-state index contributed by atoms with van der Waals surface area (Å²) in [5, 5.41) is 0.631. The Morgan fingerprint density at radius 2 is 2.00 bits per heavy atom. The van der Waals surface area contributed by atoms with E-state index in [1.54, 1.807) is 6.92 Å². The van der Waals surface area contributed by atoms with Crippen molar-refractivity contribution >= 4 is 23.2 Å². The average Bonchev–Trinajstić information content (AvgIpc) is 3.27. The number of halogens is 2. The van der Waals surface area contributed by atoms with Gasteiger partial charge in [0.15, 0.2) is 11.6 Å². The van der Waals surface area contributed by atoms with Gasteiger partial charge in [0.05, 0.1) is 9.88 Å². The molecule has 4 atom stereocenters. The van der Waals surface area contributed by atoms with Crippen LogP contribution >= 0.6 is 11.3 Å². The van der Waals surface area contributed by atoms with E-state index in [9.17, 15) is 18.4 Å². The van der Waals surface area contributed by atoms with E-state index in [1.807, 2.05) is 0 Å². The van der Waals surface area contributed by atoms with E-state index in [0.29, 0.717) is 27.9 Å². The summed E-state index contributed by atoms with van der Waals surface area (Å²) >= 11 is 1.24. The molecule has 5 nitrogen and oxygen atoms in total. The van der Waals surface area contributed by atoms with Gasteiger partial charge < -0.3 is 10.6 Å². The van der Waals surface area contributed by atoms with E-state index in [4.69, 9.17) is 5.73 Å². The van der Waals surface area contributed by atoms with Gasteiger partial charge in [0, 0.05) is 6.54 Å². The van der Waals surface area contributed by atoms with Crippen molar-refractivity contribution in [2.45, 2.75) is 32.7 Å². The highest BCUT2D eigenvalue weighted by molar-refractivity contribution is 7.15. The van der Waals surface area contributed by atoms with Crippen molar-refractivity contribution in [3.63, 3.8) is 0 Å². The first-order chi connectivity index (χ1) is 13.3. The van der Waals surface area contributed by atoms with E-state index in [2.05, 4.69) is 11.9 Å². The molecule has 148 valence electrons. The van der Waals surface area contributed by atoms with Gasteiger partial charge in [-0.15, -0.1) is 11.3 Å². The van der Waals surface area contributed by atoms with E-state index in [0.717, 1.165) is 25.0 Å². The van der Waals surface area contributed by atoms with Gasteiger partial charge >= 0.3 is 0 Å². The maximum absolute atomic E-state index is 13.7. The van der Waals surface area contributed by atoms with Gasteiger partial charge in [-0.3, -0.25) is 9.59 Å². The van der Waals surface area contributed by atoms with Crippen LogP contribution in [0.1, 0.15) is 35.3 Å². The molecule has 2 N–H and O–H groups in total. The van der Waals surface area contributed by atoms with Gasteiger partial charge in [-0.1, -0.05) is 13.0 Å². The van der Waals surface area contributed by atoms with Gasteiger partial charge in [0.25, 0.3) is 5.91 Å². The number of hydrogen-bond donors (Lipinski definition) is 1. The molecular formula is C20H21F2N3O2S. The Hall–Kier alpha value is -2.35. The molecule has 0 radical (unpaired) electrons. The number of likely N-dealkylation sites (tertiary alicyclic amines) is 1. The second-order valence-electron chi connectivity index (χ2n) is 7.84. The fourth-order valence-electron chi connectivity index (χ4n) is 4.75. The molecule has 8 heteroatoms. The van der Waals surface area contributed by atoms with Crippen molar-refractivity contribution in [2.24, 2.45) is 23.5 Å². The van der Waals surface area contributed by atoms with Crippen molar-refractivity contribution in [1.82, 2.24) is 9.88 Å². The SMILES string of the molecule is Cc1nc(C(=O)N2C[C@@H]3CC(C)C[C@@H]3[C@H]2C(N)=O)c(-c2ccc(F)c(F)c2)s1. The van der Waals surface area contributed by atoms with Crippen molar-refractivity contribution < 1.29 is 18.4 Å². The summed E-state index contributed by atoms with van der Waals surface area (Å²) in [6, 6.07) is 2.86. The van der Waals surface area contributed by atoms with Gasteiger partial charge in [-0.25, -0.2) is 13.8 Å². The zero-order valence-electron chi connectivity index (χ0n) is 15.6. The second kappa shape index (κ2) is 6.92. The lowest BCUT2D eigenvalue weighted by Crippen LogP contribution is -2.46. The lowest BCUT2D eigenvalue weighted by atomic mass is 9.93. The van der Waals surface area contributed by atoms with Crippen molar-refractivity contribution in [2.75, 3.05) is 6.54 Å². The van der Waals surface area contributed by atoms with Gasteiger partial charge in [-0.05, 0) is 55.2 Å². The van der Waals surface area contributed by atoms with Crippen LogP contribution in [-0.2, 0) is 4.79 Å². The molecular weight excluding hydrogens is 384 g/mol. The number of hydrogen-bond acceptors (Lipinski definition) is 4. The highest BCUT2D eigenvalue weighted by Crippen LogP contribution is 2.45. The Labute approximate surface area is 165 Å². The first kappa shape index (κ1) is 19.0. The Morgan fingerprint density at radius 3 is 2.68 bits per heavy atom. The van der Waals surface area contributed by atoms with Crippen LogP contribution < -0.4 is 5.73 Å². The van der Waals surface area contributed by atoms with Crippen molar-refractivity contribution in [1.29, 1.82) is 0 Å². The first-order valence-electron chi connectivity index (χ1n) is 9.29. The fraction of sp³-hybridized carbons (Fsp3) is 0.450. The number of thiazole rings is 1. The predicted octanol–water partition coefficient (Wildman–Crippen LogP) is 3.37. The summed E-state index contributed by atoms with van der Waals surface area (Å²) in [6.45, 7) is 4.36. The van der Waals surface area contributed by atoms with Crippen LogP contribution in [0.4, 0.5) is 8.78 Å². The van der Waals surface area contributed by atoms with Crippen LogP contribution in [0.15, 0.2) is 18.2 Å². The number of nitrogens with two attached hydrogens (primary N) is 1. The summed E-state index contributed by atoms with van der Waals surface area (Å²) in [5.74, 6) is -1.99. The molecule has 2 aliphatic rings.